The number of rotatable bonds is 5. The molecule has 0 radical (unpaired) electrons. The number of halogens is 2. The zero-order valence-electron chi connectivity index (χ0n) is 16.1. The van der Waals surface area contributed by atoms with E-state index in [0.717, 1.165) is 12.1 Å². The lowest BCUT2D eigenvalue weighted by Crippen LogP contribution is -2.49. The summed E-state index contributed by atoms with van der Waals surface area (Å²) in [7, 11) is 0. The summed E-state index contributed by atoms with van der Waals surface area (Å²) in [6, 6.07) is 13.9. The van der Waals surface area contributed by atoms with Crippen LogP contribution in [-0.4, -0.2) is 48.6 Å². The van der Waals surface area contributed by atoms with Crippen LogP contribution < -0.4 is 10.1 Å². The Balaban J connectivity index is 1.56. The van der Waals surface area contributed by atoms with Gasteiger partial charge in [-0.25, -0.2) is 4.79 Å². The highest BCUT2D eigenvalue weighted by Crippen LogP contribution is 2.29. The lowest BCUT2D eigenvalue weighted by molar-refractivity contribution is -0.0493. The molecular weight excluding hydrogens is 378 g/mol. The highest BCUT2D eigenvalue weighted by molar-refractivity contribution is 5.92. The number of anilines is 1. The Morgan fingerprint density at radius 2 is 1.86 bits per heavy atom. The van der Waals surface area contributed by atoms with Crippen LogP contribution in [0.4, 0.5) is 19.3 Å². The number of ether oxygens (including phenoxy) is 1. The van der Waals surface area contributed by atoms with E-state index in [1.54, 1.807) is 36.1 Å². The summed E-state index contributed by atoms with van der Waals surface area (Å²) in [6.45, 7) is 1.95. The first-order chi connectivity index (χ1) is 14.0. The number of aryl methyl sites for hydroxylation is 1. The minimum absolute atomic E-state index is 0.0483. The van der Waals surface area contributed by atoms with Crippen molar-refractivity contribution in [2.45, 2.75) is 20.1 Å². The molecule has 152 valence electrons. The number of hydrogen-bond donors (Lipinski definition) is 1. The third-order valence-corrected chi connectivity index (χ3v) is 4.83. The number of benzene rings is 2. The van der Waals surface area contributed by atoms with E-state index in [1.165, 1.54) is 6.07 Å². The number of carbonyl (C=O) groups excluding carboxylic acids is 1. The second-order valence-electron chi connectivity index (χ2n) is 6.83. The minimum atomic E-state index is -2.96. The van der Waals surface area contributed by atoms with Gasteiger partial charge < -0.3 is 15.0 Å². The van der Waals surface area contributed by atoms with Crippen molar-refractivity contribution in [1.29, 1.82) is 5.26 Å². The van der Waals surface area contributed by atoms with Gasteiger partial charge in [-0.15, -0.1) is 0 Å². The topological polar surface area (TPSA) is 68.6 Å². The van der Waals surface area contributed by atoms with E-state index in [9.17, 15) is 13.6 Å². The van der Waals surface area contributed by atoms with E-state index >= 15 is 0 Å². The molecule has 1 saturated heterocycles. The lowest BCUT2D eigenvalue weighted by atomic mass is 10.1. The van der Waals surface area contributed by atoms with Crippen molar-refractivity contribution in [2.75, 3.05) is 31.5 Å². The lowest BCUT2D eigenvalue weighted by Gasteiger charge is -2.35. The number of carbonyl (C=O) groups is 1. The summed E-state index contributed by atoms with van der Waals surface area (Å²) in [6.07, 6.45) is 0. The Hall–Kier alpha value is -3.18. The maximum atomic E-state index is 12.6. The first kappa shape index (κ1) is 20.6. The van der Waals surface area contributed by atoms with Gasteiger partial charge >= 0.3 is 12.6 Å². The maximum absolute atomic E-state index is 12.6. The molecule has 0 spiro atoms. The molecule has 29 heavy (non-hydrogen) atoms. The number of nitriles is 1. The molecule has 0 atom stereocenters. The Bertz CT molecular complexity index is 889. The fraction of sp³-hybridized carbons (Fsp3) is 0.333. The average molecular weight is 400 g/mol. The summed E-state index contributed by atoms with van der Waals surface area (Å²) in [5, 5.41) is 11.6. The molecule has 1 aliphatic heterocycles. The monoisotopic (exact) mass is 400 g/mol. The Labute approximate surface area is 168 Å². The molecule has 0 aliphatic carbocycles. The van der Waals surface area contributed by atoms with Crippen molar-refractivity contribution >= 4 is 11.7 Å². The van der Waals surface area contributed by atoms with Crippen molar-refractivity contribution in [3.05, 3.63) is 59.2 Å². The van der Waals surface area contributed by atoms with Crippen LogP contribution in [0.25, 0.3) is 0 Å². The van der Waals surface area contributed by atoms with Gasteiger partial charge in [0.15, 0.2) is 0 Å². The summed E-state index contributed by atoms with van der Waals surface area (Å²) in [5.41, 5.74) is 2.64. The van der Waals surface area contributed by atoms with Crippen LogP contribution in [-0.2, 0) is 6.54 Å². The second-order valence-corrected chi connectivity index (χ2v) is 6.83. The molecular formula is C21H22F2N4O2. The Morgan fingerprint density at radius 1 is 1.17 bits per heavy atom. The van der Waals surface area contributed by atoms with Crippen molar-refractivity contribution in [3.8, 4) is 11.8 Å². The highest BCUT2D eigenvalue weighted by Gasteiger charge is 2.23. The minimum Gasteiger partial charge on any atom is -0.433 e. The van der Waals surface area contributed by atoms with Crippen LogP contribution in [0.2, 0.25) is 0 Å². The van der Waals surface area contributed by atoms with Crippen LogP contribution in [0.3, 0.4) is 0 Å². The fourth-order valence-electron chi connectivity index (χ4n) is 3.23. The van der Waals surface area contributed by atoms with Gasteiger partial charge in [-0.2, -0.15) is 14.0 Å². The third kappa shape index (κ3) is 5.42. The van der Waals surface area contributed by atoms with Crippen molar-refractivity contribution in [1.82, 2.24) is 9.80 Å². The van der Waals surface area contributed by atoms with E-state index in [4.69, 9.17) is 5.26 Å². The normalized spacial score (nSPS) is 14.5. The predicted octanol–water partition coefficient (Wildman–Crippen LogP) is 3.82. The van der Waals surface area contributed by atoms with Crippen molar-refractivity contribution < 1.29 is 18.3 Å². The molecule has 1 fully saturated rings. The number of hydrogen-bond acceptors (Lipinski definition) is 4. The SMILES string of the molecule is Cc1cccc(OC(F)F)c1NC(=O)N1CCN(Cc2ccc(C#N)cc2)CC1. The molecule has 0 unspecified atom stereocenters. The van der Waals surface area contributed by atoms with Crippen LogP contribution in [0.15, 0.2) is 42.5 Å². The molecule has 1 N–H and O–H groups in total. The summed E-state index contributed by atoms with van der Waals surface area (Å²) < 4.78 is 29.8. The van der Waals surface area contributed by atoms with Gasteiger partial charge in [-0.05, 0) is 36.2 Å². The first-order valence-corrected chi connectivity index (χ1v) is 9.28. The highest BCUT2D eigenvalue weighted by atomic mass is 19.3. The van der Waals surface area contributed by atoms with Crippen molar-refractivity contribution in [3.63, 3.8) is 0 Å². The molecule has 6 nitrogen and oxygen atoms in total. The molecule has 2 aromatic rings. The summed E-state index contributed by atoms with van der Waals surface area (Å²) in [4.78, 5) is 16.5. The van der Waals surface area contributed by atoms with Crippen LogP contribution in [0.5, 0.6) is 5.75 Å². The summed E-state index contributed by atoms with van der Waals surface area (Å²) in [5.74, 6) is -0.0483. The molecule has 1 heterocycles. The van der Waals surface area contributed by atoms with Gasteiger partial charge in [-0.3, -0.25) is 4.90 Å². The van der Waals surface area contributed by atoms with E-state index in [-0.39, 0.29) is 17.5 Å². The number of alkyl halides is 2. The van der Waals surface area contributed by atoms with Crippen LogP contribution in [0, 0.1) is 18.3 Å². The Morgan fingerprint density at radius 3 is 2.48 bits per heavy atom. The number of nitrogens with zero attached hydrogens (tertiary/aromatic N) is 3. The molecule has 0 bridgehead atoms. The Kier molecular flexibility index (Phi) is 6.62. The largest absolute Gasteiger partial charge is 0.433 e. The zero-order chi connectivity index (χ0) is 20.8. The van der Waals surface area contributed by atoms with E-state index < -0.39 is 6.61 Å². The number of nitrogens with one attached hydrogen (secondary N) is 1. The summed E-state index contributed by atoms with van der Waals surface area (Å²) >= 11 is 0. The van der Waals surface area contributed by atoms with Crippen molar-refractivity contribution in [2.24, 2.45) is 0 Å². The van der Waals surface area contributed by atoms with Gasteiger partial charge in [0.2, 0.25) is 0 Å². The smallest absolute Gasteiger partial charge is 0.387 e. The second kappa shape index (κ2) is 9.34. The van der Waals surface area contributed by atoms with Gasteiger partial charge in [-0.1, -0.05) is 24.3 Å². The number of para-hydroxylation sites is 1. The molecule has 2 amide bonds. The van der Waals surface area contributed by atoms with Gasteiger partial charge in [0, 0.05) is 32.7 Å². The standard InChI is InChI=1S/C21H22F2N4O2/c1-15-3-2-4-18(29-20(22)23)19(15)25-21(28)27-11-9-26(10-12-27)14-17-7-5-16(13-24)6-8-17/h2-8,20H,9-12,14H2,1H3,(H,25,28). The predicted molar refractivity (Wildman–Crippen MR) is 105 cm³/mol. The molecule has 3 rings (SSSR count). The average Bonchev–Trinajstić information content (AvgIpc) is 2.71. The van der Waals surface area contributed by atoms with Crippen LogP contribution in [0.1, 0.15) is 16.7 Å². The van der Waals surface area contributed by atoms with Gasteiger partial charge in [0.1, 0.15) is 5.75 Å². The molecule has 2 aromatic carbocycles. The van der Waals surface area contributed by atoms with E-state index in [2.05, 4.69) is 21.0 Å². The molecule has 1 aliphatic rings. The van der Waals surface area contributed by atoms with E-state index in [0.29, 0.717) is 37.3 Å². The number of piperazine rings is 1. The van der Waals surface area contributed by atoms with Gasteiger partial charge in [0.25, 0.3) is 0 Å². The fourth-order valence-corrected chi connectivity index (χ4v) is 3.23. The molecule has 8 heteroatoms. The van der Waals surface area contributed by atoms with Gasteiger partial charge in [0.05, 0.1) is 17.3 Å². The number of urea groups is 1. The molecule has 0 aromatic heterocycles. The first-order valence-electron chi connectivity index (χ1n) is 9.28. The van der Waals surface area contributed by atoms with Crippen LogP contribution >= 0.6 is 0 Å². The number of amides is 2. The molecule has 0 saturated carbocycles. The van der Waals surface area contributed by atoms with E-state index in [1.807, 2.05) is 12.1 Å². The maximum Gasteiger partial charge on any atom is 0.387 e. The zero-order valence-corrected chi connectivity index (χ0v) is 16.1. The quantitative estimate of drug-likeness (QED) is 0.829. The third-order valence-electron chi connectivity index (χ3n) is 4.83.